The summed E-state index contributed by atoms with van der Waals surface area (Å²) < 4.78 is 65.8. The molecule has 0 aliphatic rings. The Hall–Kier alpha value is -4.23. The molecule has 2 amide bonds. The summed E-state index contributed by atoms with van der Waals surface area (Å²) in [4.78, 5) is 62.8. The van der Waals surface area contributed by atoms with Crippen molar-refractivity contribution in [3.05, 3.63) is 58.0 Å². The summed E-state index contributed by atoms with van der Waals surface area (Å²) in [7, 11) is 0. The number of rotatable bonds is 11. The molecular weight excluding hydrogens is 542 g/mol. The molecule has 2 N–H and O–H groups in total. The molecular formula is C26H29F4N3O7. The number of benzene rings is 1. The summed E-state index contributed by atoms with van der Waals surface area (Å²) in [5.41, 5.74) is -1.81. The number of pyridine rings is 1. The molecule has 40 heavy (non-hydrogen) atoms. The molecule has 2 unspecified atom stereocenters. The molecule has 2 aromatic rings. The fraction of sp³-hybridized carbons (Fsp3) is 0.423. The van der Waals surface area contributed by atoms with Crippen LogP contribution in [0.3, 0.4) is 0 Å². The van der Waals surface area contributed by atoms with Crippen LogP contribution in [0.5, 0.6) is 5.75 Å². The molecule has 10 nitrogen and oxygen atoms in total. The predicted molar refractivity (Wildman–Crippen MR) is 134 cm³/mol. The van der Waals surface area contributed by atoms with E-state index in [9.17, 15) is 41.5 Å². The first kappa shape index (κ1) is 32.0. The highest BCUT2D eigenvalue weighted by Gasteiger charge is 2.31. The number of aromatic nitrogens is 1. The predicted octanol–water partition coefficient (Wildman–Crippen LogP) is 3.18. The minimum absolute atomic E-state index is 0.0259. The number of nitrogens with one attached hydrogen (secondary N) is 2. The van der Waals surface area contributed by atoms with Crippen molar-refractivity contribution < 1.29 is 46.2 Å². The molecule has 2 atom stereocenters. The van der Waals surface area contributed by atoms with E-state index in [1.54, 1.807) is 27.7 Å². The summed E-state index contributed by atoms with van der Waals surface area (Å²) in [6, 6.07) is -0.220. The van der Waals surface area contributed by atoms with Gasteiger partial charge in [-0.15, -0.1) is 0 Å². The van der Waals surface area contributed by atoms with Crippen LogP contribution in [0, 0.1) is 23.3 Å². The molecule has 0 bridgehead atoms. The van der Waals surface area contributed by atoms with E-state index in [2.05, 4.69) is 10.6 Å². The van der Waals surface area contributed by atoms with Crippen LogP contribution < -0.4 is 20.9 Å². The lowest BCUT2D eigenvalue weighted by atomic mass is 10.1. The summed E-state index contributed by atoms with van der Waals surface area (Å²) >= 11 is 0. The molecule has 2 rings (SSSR count). The SMILES string of the molecule is CCC(C(=O)NC(CC(=O)OC(C)(C)C)C(=O)COc1c(F)c(F)cc(F)c1F)n1cccc(NC(C)=O)c1=O. The normalized spacial score (nSPS) is 12.7. The van der Waals surface area contributed by atoms with E-state index in [0.717, 1.165) is 4.57 Å². The van der Waals surface area contributed by atoms with Gasteiger partial charge in [0.1, 0.15) is 30.0 Å². The van der Waals surface area contributed by atoms with Crippen molar-refractivity contribution in [3.8, 4) is 5.75 Å². The summed E-state index contributed by atoms with van der Waals surface area (Å²) in [6.07, 6.45) is 0.558. The highest BCUT2D eigenvalue weighted by molar-refractivity contribution is 5.94. The number of esters is 1. The molecule has 1 heterocycles. The Labute approximate surface area is 226 Å². The smallest absolute Gasteiger partial charge is 0.308 e. The van der Waals surface area contributed by atoms with Gasteiger partial charge in [0, 0.05) is 19.2 Å². The number of halogens is 4. The molecule has 14 heteroatoms. The van der Waals surface area contributed by atoms with Gasteiger partial charge in [0.2, 0.25) is 23.4 Å². The monoisotopic (exact) mass is 571 g/mol. The van der Waals surface area contributed by atoms with Crippen molar-refractivity contribution in [2.24, 2.45) is 0 Å². The number of carbonyl (C=O) groups is 4. The van der Waals surface area contributed by atoms with Gasteiger partial charge in [-0.25, -0.2) is 8.78 Å². The quantitative estimate of drug-likeness (QED) is 0.241. The summed E-state index contributed by atoms with van der Waals surface area (Å²) in [5.74, 6) is -12.3. The average Bonchev–Trinajstić information content (AvgIpc) is 2.83. The largest absolute Gasteiger partial charge is 0.479 e. The number of ketones is 1. The van der Waals surface area contributed by atoms with Gasteiger partial charge in [0.15, 0.2) is 23.2 Å². The van der Waals surface area contributed by atoms with Crippen LogP contribution in [0.25, 0.3) is 0 Å². The van der Waals surface area contributed by atoms with Gasteiger partial charge in [-0.05, 0) is 39.3 Å². The second-order valence-electron chi connectivity index (χ2n) is 9.64. The number of hydrogen-bond acceptors (Lipinski definition) is 7. The van der Waals surface area contributed by atoms with Crippen LogP contribution in [-0.4, -0.2) is 46.4 Å². The molecule has 0 spiro atoms. The molecule has 1 aromatic carbocycles. The third kappa shape index (κ3) is 8.38. The number of hydrogen-bond donors (Lipinski definition) is 2. The molecule has 1 aromatic heterocycles. The minimum Gasteiger partial charge on any atom is -0.479 e. The third-order valence-corrected chi connectivity index (χ3v) is 5.24. The van der Waals surface area contributed by atoms with E-state index >= 15 is 0 Å². The van der Waals surface area contributed by atoms with Gasteiger partial charge in [0.25, 0.3) is 5.56 Å². The Kier molecular flexibility index (Phi) is 10.6. The zero-order valence-corrected chi connectivity index (χ0v) is 22.4. The van der Waals surface area contributed by atoms with Gasteiger partial charge in [0.05, 0.1) is 6.42 Å². The standard InChI is InChI=1S/C26H29F4N3O7/c1-6-18(33-9-7-8-16(25(33)38)31-13(2)34)24(37)32-17(11-20(36)40-26(3,4)5)19(35)12-39-23-21(29)14(27)10-15(28)22(23)30/h7-10,17-18H,6,11-12H2,1-5H3,(H,31,34)(H,32,37). The number of nitrogens with zero attached hydrogens (tertiary/aromatic N) is 1. The fourth-order valence-electron chi connectivity index (χ4n) is 3.53. The van der Waals surface area contributed by atoms with Crippen molar-refractivity contribution >= 4 is 29.3 Å². The van der Waals surface area contributed by atoms with Crippen LogP contribution in [0.2, 0.25) is 0 Å². The van der Waals surface area contributed by atoms with Gasteiger partial charge in [-0.1, -0.05) is 6.92 Å². The molecule has 0 aliphatic carbocycles. The van der Waals surface area contributed by atoms with Crippen LogP contribution >= 0.6 is 0 Å². The van der Waals surface area contributed by atoms with Crippen molar-refractivity contribution in [3.63, 3.8) is 0 Å². The number of amides is 2. The Morgan fingerprint density at radius 2 is 1.65 bits per heavy atom. The molecule has 0 fully saturated rings. The van der Waals surface area contributed by atoms with Gasteiger partial charge >= 0.3 is 5.97 Å². The first-order valence-corrected chi connectivity index (χ1v) is 12.0. The van der Waals surface area contributed by atoms with Gasteiger partial charge < -0.3 is 24.7 Å². The van der Waals surface area contributed by atoms with E-state index in [0.29, 0.717) is 0 Å². The van der Waals surface area contributed by atoms with E-state index in [-0.39, 0.29) is 18.2 Å². The third-order valence-electron chi connectivity index (χ3n) is 5.24. The molecule has 218 valence electrons. The van der Waals surface area contributed by atoms with Gasteiger partial charge in [-0.3, -0.25) is 24.0 Å². The average molecular weight is 572 g/mol. The van der Waals surface area contributed by atoms with Crippen molar-refractivity contribution in [2.45, 2.75) is 65.1 Å². The molecule has 0 aliphatic heterocycles. The highest BCUT2D eigenvalue weighted by Crippen LogP contribution is 2.26. The van der Waals surface area contributed by atoms with Crippen LogP contribution in [0.4, 0.5) is 23.2 Å². The van der Waals surface area contributed by atoms with E-state index in [4.69, 9.17) is 9.47 Å². The maximum Gasteiger partial charge on any atom is 0.308 e. The fourth-order valence-corrected chi connectivity index (χ4v) is 3.53. The lowest BCUT2D eigenvalue weighted by molar-refractivity contribution is -0.156. The Morgan fingerprint density at radius 1 is 1.05 bits per heavy atom. The van der Waals surface area contributed by atoms with E-state index in [1.807, 2.05) is 0 Å². The lowest BCUT2D eigenvalue weighted by Gasteiger charge is -2.25. The summed E-state index contributed by atoms with van der Waals surface area (Å²) in [5, 5.41) is 4.64. The molecule has 0 saturated carbocycles. The maximum absolute atomic E-state index is 14.0. The molecule has 0 saturated heterocycles. The number of Topliss-reactive ketones (excluding diaryl/α,β-unsaturated/α-hetero) is 1. The van der Waals surface area contributed by atoms with Gasteiger partial charge in [-0.2, -0.15) is 8.78 Å². The molecule has 0 radical (unpaired) electrons. The summed E-state index contributed by atoms with van der Waals surface area (Å²) in [6.45, 7) is 6.20. The first-order chi connectivity index (χ1) is 18.5. The second kappa shape index (κ2) is 13.2. The number of carbonyl (C=O) groups excluding carboxylic acids is 4. The van der Waals surface area contributed by atoms with Crippen molar-refractivity contribution in [1.29, 1.82) is 0 Å². The zero-order chi connectivity index (χ0) is 30.4. The number of anilines is 1. The second-order valence-corrected chi connectivity index (χ2v) is 9.64. The Morgan fingerprint density at radius 3 is 2.17 bits per heavy atom. The minimum atomic E-state index is -1.89. The van der Waals surface area contributed by atoms with Crippen molar-refractivity contribution in [2.75, 3.05) is 11.9 Å². The maximum atomic E-state index is 14.0. The van der Waals surface area contributed by atoms with E-state index < -0.39 is 88.9 Å². The highest BCUT2D eigenvalue weighted by atomic mass is 19.2. The van der Waals surface area contributed by atoms with Crippen LogP contribution in [0.1, 0.15) is 53.5 Å². The number of ether oxygens (including phenoxy) is 2. The van der Waals surface area contributed by atoms with E-state index in [1.165, 1.54) is 25.3 Å². The van der Waals surface area contributed by atoms with Crippen LogP contribution in [0.15, 0.2) is 29.2 Å². The van der Waals surface area contributed by atoms with Crippen LogP contribution in [-0.2, 0) is 23.9 Å². The Balaban J connectivity index is 2.34. The lowest BCUT2D eigenvalue weighted by Crippen LogP contribution is -2.48. The topological polar surface area (TPSA) is 133 Å². The Bertz CT molecular complexity index is 1330. The first-order valence-electron chi connectivity index (χ1n) is 12.0. The zero-order valence-electron chi connectivity index (χ0n) is 22.4. The van der Waals surface area contributed by atoms with Crippen molar-refractivity contribution in [1.82, 2.24) is 9.88 Å².